The summed E-state index contributed by atoms with van der Waals surface area (Å²) in [5.41, 5.74) is 0.700. The molecule has 3 rings (SSSR count). The lowest BCUT2D eigenvalue weighted by molar-refractivity contribution is -0.605. The quantitative estimate of drug-likeness (QED) is 0.510. The van der Waals surface area contributed by atoms with Gasteiger partial charge in [0.2, 0.25) is 12.0 Å². The summed E-state index contributed by atoms with van der Waals surface area (Å²) in [5, 5.41) is 25.0. The second-order valence-electron chi connectivity index (χ2n) is 4.09. The monoisotopic (exact) mass is 288 g/mol. The topological polar surface area (TPSA) is 68.5 Å². The Labute approximate surface area is 117 Å². The molecule has 0 aliphatic rings. The van der Waals surface area contributed by atoms with E-state index in [2.05, 4.69) is 5.10 Å². The Morgan fingerprint density at radius 2 is 2.20 bits per heavy atom. The lowest BCUT2D eigenvalue weighted by atomic mass is 10.2. The third-order valence-corrected chi connectivity index (χ3v) is 3.12. The third-order valence-electron chi connectivity index (χ3n) is 2.81. The number of hydrogen-bond donors (Lipinski definition) is 0. The van der Waals surface area contributed by atoms with Gasteiger partial charge in [-0.15, -0.1) is 0 Å². The summed E-state index contributed by atoms with van der Waals surface area (Å²) in [6, 6.07) is 6.82. The van der Waals surface area contributed by atoms with Crippen LogP contribution in [0.4, 0.5) is 4.39 Å². The Balaban J connectivity index is 2.32. The van der Waals surface area contributed by atoms with Crippen molar-refractivity contribution in [2.75, 3.05) is 0 Å². The van der Waals surface area contributed by atoms with Crippen molar-refractivity contribution >= 4 is 22.5 Å². The number of nitrogens with zero attached hydrogens (tertiary/aromatic N) is 4. The molecule has 5 nitrogen and oxygen atoms in total. The highest BCUT2D eigenvalue weighted by atomic mass is 35.5. The van der Waals surface area contributed by atoms with E-state index in [1.165, 1.54) is 17.1 Å². The van der Waals surface area contributed by atoms with Crippen LogP contribution in [-0.2, 0) is 0 Å². The van der Waals surface area contributed by atoms with Crippen molar-refractivity contribution in [3.63, 3.8) is 0 Å². The third kappa shape index (κ3) is 1.85. The summed E-state index contributed by atoms with van der Waals surface area (Å²) in [5.74, 6) is -0.734. The predicted octanol–water partition coefficient (Wildman–Crippen LogP) is 2.32. The Kier molecular flexibility index (Phi) is 2.77. The molecule has 0 saturated heterocycles. The van der Waals surface area contributed by atoms with E-state index < -0.39 is 5.82 Å². The molecule has 3 aromatic rings. The highest BCUT2D eigenvalue weighted by Crippen LogP contribution is 2.25. The Hall–Kier alpha value is -2.65. The van der Waals surface area contributed by atoms with Crippen LogP contribution in [0, 0.1) is 22.4 Å². The molecule has 0 aliphatic carbocycles. The Morgan fingerprint density at radius 3 is 2.95 bits per heavy atom. The van der Waals surface area contributed by atoms with E-state index in [0.29, 0.717) is 26.4 Å². The van der Waals surface area contributed by atoms with Crippen LogP contribution in [0.5, 0.6) is 0 Å². The zero-order valence-corrected chi connectivity index (χ0v) is 10.7. The minimum Gasteiger partial charge on any atom is -0.619 e. The fraction of sp³-hybridized carbons (Fsp3) is 0. The van der Waals surface area contributed by atoms with E-state index in [0.717, 1.165) is 6.20 Å². The molecule has 98 valence electrons. The Morgan fingerprint density at radius 1 is 1.40 bits per heavy atom. The fourth-order valence-electron chi connectivity index (χ4n) is 1.97. The van der Waals surface area contributed by atoms with E-state index in [4.69, 9.17) is 16.9 Å². The van der Waals surface area contributed by atoms with Gasteiger partial charge >= 0.3 is 0 Å². The highest BCUT2D eigenvalue weighted by molar-refractivity contribution is 6.32. The van der Waals surface area contributed by atoms with Gasteiger partial charge in [-0.3, -0.25) is 0 Å². The minimum atomic E-state index is -0.734. The predicted molar refractivity (Wildman–Crippen MR) is 69.7 cm³/mol. The lowest BCUT2D eigenvalue weighted by Crippen LogP contribution is -2.24. The molecule has 1 aromatic carbocycles. The summed E-state index contributed by atoms with van der Waals surface area (Å²) in [6.45, 7) is 0. The van der Waals surface area contributed by atoms with Crippen molar-refractivity contribution in [3.05, 3.63) is 58.4 Å². The zero-order valence-electron chi connectivity index (χ0n) is 9.92. The van der Waals surface area contributed by atoms with E-state index in [1.54, 1.807) is 18.2 Å². The summed E-state index contributed by atoms with van der Waals surface area (Å²) >= 11 is 6.07. The highest BCUT2D eigenvalue weighted by Gasteiger charge is 2.15. The van der Waals surface area contributed by atoms with Gasteiger partial charge < -0.3 is 5.21 Å². The molecule has 0 atom stereocenters. The molecule has 0 aliphatic heterocycles. The van der Waals surface area contributed by atoms with Crippen molar-refractivity contribution in [2.24, 2.45) is 0 Å². The maximum atomic E-state index is 13.7. The maximum Gasteiger partial charge on any atom is 0.218 e. The average molecular weight is 289 g/mol. The molecule has 2 aromatic heterocycles. The van der Waals surface area contributed by atoms with Gasteiger partial charge in [0.15, 0.2) is 6.20 Å². The fourth-order valence-corrected chi connectivity index (χ4v) is 2.23. The van der Waals surface area contributed by atoms with Crippen LogP contribution >= 0.6 is 11.6 Å². The smallest absolute Gasteiger partial charge is 0.218 e. The molecule has 20 heavy (non-hydrogen) atoms. The van der Waals surface area contributed by atoms with Crippen LogP contribution in [0.15, 0.2) is 36.8 Å². The number of pyridine rings is 1. The first-order chi connectivity index (χ1) is 9.60. The van der Waals surface area contributed by atoms with E-state index in [1.807, 2.05) is 6.07 Å². The van der Waals surface area contributed by atoms with Gasteiger partial charge in [-0.2, -0.15) is 19.5 Å². The molecule has 2 heterocycles. The number of halogens is 2. The van der Waals surface area contributed by atoms with Crippen molar-refractivity contribution in [3.8, 4) is 11.8 Å². The van der Waals surface area contributed by atoms with Crippen molar-refractivity contribution in [1.82, 2.24) is 9.78 Å². The van der Waals surface area contributed by atoms with Gasteiger partial charge in [0.25, 0.3) is 0 Å². The first kappa shape index (κ1) is 12.4. The van der Waals surface area contributed by atoms with Gasteiger partial charge in [0, 0.05) is 6.20 Å². The molecular formula is C13H6ClFN4O. The molecule has 0 bridgehead atoms. The minimum absolute atomic E-state index is 0.0425. The summed E-state index contributed by atoms with van der Waals surface area (Å²) in [6.07, 6.45) is 3.44. The van der Waals surface area contributed by atoms with Crippen LogP contribution in [0.2, 0.25) is 5.02 Å². The van der Waals surface area contributed by atoms with Crippen molar-refractivity contribution < 1.29 is 9.12 Å². The van der Waals surface area contributed by atoms with Gasteiger partial charge in [0.05, 0.1) is 16.0 Å². The number of rotatable bonds is 1. The molecule has 0 unspecified atom stereocenters. The number of benzene rings is 1. The normalized spacial score (nSPS) is 10.7. The van der Waals surface area contributed by atoms with Crippen LogP contribution in [-0.4, -0.2) is 9.78 Å². The van der Waals surface area contributed by atoms with Gasteiger partial charge in [-0.25, -0.2) is 4.68 Å². The second-order valence-corrected chi connectivity index (χ2v) is 4.50. The maximum absolute atomic E-state index is 13.7. The van der Waals surface area contributed by atoms with E-state index >= 15 is 0 Å². The lowest BCUT2D eigenvalue weighted by Gasteiger charge is -2.05. The van der Waals surface area contributed by atoms with Crippen molar-refractivity contribution in [1.29, 1.82) is 5.26 Å². The zero-order chi connectivity index (χ0) is 14.3. The molecule has 0 N–H and O–H groups in total. The summed E-state index contributed by atoms with van der Waals surface area (Å²) < 4.78 is 15.3. The molecule has 0 amide bonds. The number of para-hydroxylation sites is 1. The number of aromatic nitrogens is 3. The molecule has 0 spiro atoms. The molecule has 0 radical (unpaired) electrons. The first-order valence-corrected chi connectivity index (χ1v) is 5.94. The SMILES string of the molecule is N#Cc1cccc(Cl)c1-n1cc2c[n+]([O-])cc(F)c2n1. The number of hydrogen-bond acceptors (Lipinski definition) is 3. The summed E-state index contributed by atoms with van der Waals surface area (Å²) in [4.78, 5) is 0. The largest absolute Gasteiger partial charge is 0.619 e. The van der Waals surface area contributed by atoms with Gasteiger partial charge in [-0.1, -0.05) is 17.7 Å². The van der Waals surface area contributed by atoms with Gasteiger partial charge in [-0.05, 0) is 12.1 Å². The summed E-state index contributed by atoms with van der Waals surface area (Å²) in [7, 11) is 0. The van der Waals surface area contributed by atoms with E-state index in [9.17, 15) is 9.60 Å². The average Bonchev–Trinajstić information content (AvgIpc) is 2.81. The van der Waals surface area contributed by atoms with Crippen LogP contribution in [0.1, 0.15) is 5.56 Å². The molecule has 0 saturated carbocycles. The van der Waals surface area contributed by atoms with Crippen LogP contribution < -0.4 is 4.73 Å². The molecule has 7 heteroatoms. The van der Waals surface area contributed by atoms with Crippen LogP contribution in [0.25, 0.3) is 16.6 Å². The van der Waals surface area contributed by atoms with Crippen LogP contribution in [0.3, 0.4) is 0 Å². The molecule has 0 fully saturated rings. The second kappa shape index (κ2) is 4.47. The molecular weight excluding hydrogens is 283 g/mol. The van der Waals surface area contributed by atoms with Gasteiger partial charge in [0.1, 0.15) is 17.3 Å². The first-order valence-electron chi connectivity index (χ1n) is 5.57. The Bertz CT molecular complexity index is 869. The number of nitriles is 1. The van der Waals surface area contributed by atoms with E-state index in [-0.39, 0.29) is 5.52 Å². The standard InChI is InChI=1S/C13H6ClFN4O/c14-10-3-1-2-8(4-16)13(10)19-6-9-5-18(20)7-11(15)12(9)17-19/h1-3,5-7H. The number of fused-ring (bicyclic) bond motifs is 1. The van der Waals surface area contributed by atoms with Crippen molar-refractivity contribution in [2.45, 2.75) is 0 Å².